The van der Waals surface area contributed by atoms with Crippen LogP contribution < -0.4 is 0 Å². The van der Waals surface area contributed by atoms with Gasteiger partial charge in [0.1, 0.15) is 17.2 Å². The molecule has 0 aliphatic heterocycles. The number of rotatable bonds is 6. The molecule has 1 fully saturated rings. The molecule has 0 spiro atoms. The Balaban J connectivity index is 2.33. The lowest BCUT2D eigenvalue weighted by Gasteiger charge is -2.04. The summed E-state index contributed by atoms with van der Waals surface area (Å²) in [7, 11) is 0. The van der Waals surface area contributed by atoms with Gasteiger partial charge in [0, 0.05) is 12.5 Å². The number of carbonyl (C=O) groups is 1. The van der Waals surface area contributed by atoms with Gasteiger partial charge in [-0.25, -0.2) is 0 Å². The molecule has 0 aromatic carbocycles. The SMILES string of the molecule is CCCn1nc(C)c([N+](=O)[O-])c1CC(=O)C1CC1. The number of aryl methyl sites for hydroxylation is 2. The van der Waals surface area contributed by atoms with Crippen LogP contribution >= 0.6 is 0 Å². The normalized spacial score (nSPS) is 14.8. The third kappa shape index (κ3) is 2.42. The summed E-state index contributed by atoms with van der Waals surface area (Å²) < 4.78 is 1.62. The van der Waals surface area contributed by atoms with Crippen molar-refractivity contribution in [3.8, 4) is 0 Å². The zero-order valence-corrected chi connectivity index (χ0v) is 10.7. The van der Waals surface area contributed by atoms with E-state index in [1.165, 1.54) is 0 Å². The number of nitro groups is 1. The highest BCUT2D eigenvalue weighted by Gasteiger charge is 2.33. The highest BCUT2D eigenvalue weighted by Crippen LogP contribution is 2.33. The molecule has 1 aromatic heterocycles. The molecule has 0 radical (unpaired) electrons. The van der Waals surface area contributed by atoms with Gasteiger partial charge in [-0.05, 0) is 26.2 Å². The van der Waals surface area contributed by atoms with Gasteiger partial charge in [0.2, 0.25) is 0 Å². The first-order chi connectivity index (χ1) is 8.54. The maximum Gasteiger partial charge on any atom is 0.313 e. The van der Waals surface area contributed by atoms with Crippen molar-refractivity contribution in [1.29, 1.82) is 0 Å². The lowest BCUT2D eigenvalue weighted by molar-refractivity contribution is -0.386. The van der Waals surface area contributed by atoms with Gasteiger partial charge in [-0.15, -0.1) is 0 Å². The Kier molecular flexibility index (Phi) is 3.45. The number of aromatic nitrogens is 2. The molecule has 0 saturated heterocycles. The van der Waals surface area contributed by atoms with Crippen LogP contribution in [0.2, 0.25) is 0 Å². The molecule has 1 heterocycles. The largest absolute Gasteiger partial charge is 0.313 e. The predicted octanol–water partition coefficient (Wildman–Crippen LogP) is 2.03. The second-order valence-electron chi connectivity index (χ2n) is 4.78. The number of nitrogens with zero attached hydrogens (tertiary/aromatic N) is 3. The van der Waals surface area contributed by atoms with Gasteiger partial charge in [-0.3, -0.25) is 19.6 Å². The van der Waals surface area contributed by atoms with Gasteiger partial charge >= 0.3 is 5.69 Å². The molecule has 1 aliphatic carbocycles. The first-order valence-corrected chi connectivity index (χ1v) is 6.28. The summed E-state index contributed by atoms with van der Waals surface area (Å²) >= 11 is 0. The summed E-state index contributed by atoms with van der Waals surface area (Å²) in [6, 6.07) is 0. The maximum absolute atomic E-state index is 11.9. The monoisotopic (exact) mass is 251 g/mol. The molecule has 2 rings (SSSR count). The van der Waals surface area contributed by atoms with Crippen molar-refractivity contribution in [1.82, 2.24) is 9.78 Å². The number of hydrogen-bond acceptors (Lipinski definition) is 4. The minimum absolute atomic E-state index is 0.0115. The third-order valence-electron chi connectivity index (χ3n) is 3.19. The molecule has 0 bridgehead atoms. The minimum atomic E-state index is -0.427. The van der Waals surface area contributed by atoms with Crippen molar-refractivity contribution in [2.75, 3.05) is 0 Å². The zero-order valence-electron chi connectivity index (χ0n) is 10.7. The van der Waals surface area contributed by atoms with E-state index in [0.717, 1.165) is 19.3 Å². The molecular weight excluding hydrogens is 234 g/mol. The Hall–Kier alpha value is -1.72. The van der Waals surface area contributed by atoms with Crippen LogP contribution in [0.25, 0.3) is 0 Å². The summed E-state index contributed by atoms with van der Waals surface area (Å²) in [5.74, 6) is 0.227. The summed E-state index contributed by atoms with van der Waals surface area (Å²) in [6.45, 7) is 4.21. The molecule has 1 aromatic rings. The van der Waals surface area contributed by atoms with E-state index in [1.807, 2.05) is 6.92 Å². The van der Waals surface area contributed by atoms with E-state index < -0.39 is 4.92 Å². The van der Waals surface area contributed by atoms with Gasteiger partial charge in [0.05, 0.1) is 11.3 Å². The predicted molar refractivity (Wildman–Crippen MR) is 65.3 cm³/mol. The van der Waals surface area contributed by atoms with Crippen LogP contribution in [0.1, 0.15) is 37.6 Å². The smallest absolute Gasteiger partial charge is 0.299 e. The molecule has 0 amide bonds. The van der Waals surface area contributed by atoms with Crippen molar-refractivity contribution in [3.63, 3.8) is 0 Å². The van der Waals surface area contributed by atoms with E-state index >= 15 is 0 Å². The summed E-state index contributed by atoms with van der Waals surface area (Å²) in [4.78, 5) is 22.5. The topological polar surface area (TPSA) is 78.0 Å². The maximum atomic E-state index is 11.9. The van der Waals surface area contributed by atoms with Crippen LogP contribution in [-0.4, -0.2) is 20.5 Å². The fourth-order valence-electron chi connectivity index (χ4n) is 2.14. The van der Waals surface area contributed by atoms with Crippen LogP contribution in [-0.2, 0) is 17.8 Å². The molecule has 18 heavy (non-hydrogen) atoms. The van der Waals surface area contributed by atoms with Crippen LogP contribution in [0, 0.1) is 23.0 Å². The van der Waals surface area contributed by atoms with Crippen molar-refractivity contribution in [3.05, 3.63) is 21.5 Å². The summed E-state index contributed by atoms with van der Waals surface area (Å²) in [6.07, 6.45) is 2.83. The quantitative estimate of drug-likeness (QED) is 0.572. The van der Waals surface area contributed by atoms with Crippen LogP contribution in [0.15, 0.2) is 0 Å². The Labute approximate surface area is 105 Å². The average molecular weight is 251 g/mol. The summed E-state index contributed by atoms with van der Waals surface area (Å²) in [5, 5.41) is 15.2. The standard InChI is InChI=1S/C12H17N3O3/c1-3-6-14-10(7-11(16)9-4-5-9)12(15(17)18)8(2)13-14/h9H,3-7H2,1-2H3. The lowest BCUT2D eigenvalue weighted by Crippen LogP contribution is -2.12. The van der Waals surface area contributed by atoms with Gasteiger partial charge in [-0.1, -0.05) is 6.92 Å². The van der Waals surface area contributed by atoms with Gasteiger partial charge < -0.3 is 0 Å². The van der Waals surface area contributed by atoms with Crippen molar-refractivity contribution >= 4 is 11.5 Å². The third-order valence-corrected chi connectivity index (χ3v) is 3.19. The van der Waals surface area contributed by atoms with Gasteiger partial charge in [-0.2, -0.15) is 5.10 Å². The van der Waals surface area contributed by atoms with E-state index in [2.05, 4.69) is 5.10 Å². The number of Topliss-reactive ketones (excluding diaryl/α,β-unsaturated/α-hetero) is 1. The Bertz CT molecular complexity index is 489. The Morgan fingerprint density at radius 2 is 2.22 bits per heavy atom. The fourth-order valence-corrected chi connectivity index (χ4v) is 2.14. The molecule has 0 atom stereocenters. The summed E-state index contributed by atoms with van der Waals surface area (Å²) in [5.41, 5.74) is 0.876. The lowest BCUT2D eigenvalue weighted by atomic mass is 10.1. The number of ketones is 1. The second kappa shape index (κ2) is 4.88. The number of hydrogen-bond donors (Lipinski definition) is 0. The zero-order chi connectivity index (χ0) is 13.3. The number of carbonyl (C=O) groups excluding carboxylic acids is 1. The minimum Gasteiger partial charge on any atom is -0.299 e. The van der Waals surface area contributed by atoms with Crippen molar-refractivity contribution < 1.29 is 9.72 Å². The Morgan fingerprint density at radius 1 is 1.56 bits per heavy atom. The molecule has 98 valence electrons. The highest BCUT2D eigenvalue weighted by atomic mass is 16.6. The van der Waals surface area contributed by atoms with Gasteiger partial charge in [0.15, 0.2) is 0 Å². The van der Waals surface area contributed by atoms with Crippen LogP contribution in [0.5, 0.6) is 0 Å². The van der Waals surface area contributed by atoms with E-state index in [0.29, 0.717) is 17.9 Å². The van der Waals surface area contributed by atoms with E-state index in [1.54, 1.807) is 11.6 Å². The average Bonchev–Trinajstić information content (AvgIpc) is 3.07. The second-order valence-corrected chi connectivity index (χ2v) is 4.78. The Morgan fingerprint density at radius 3 is 2.72 bits per heavy atom. The molecule has 6 nitrogen and oxygen atoms in total. The van der Waals surface area contributed by atoms with E-state index in [-0.39, 0.29) is 23.8 Å². The molecule has 0 N–H and O–H groups in total. The molecular formula is C12H17N3O3. The van der Waals surface area contributed by atoms with Crippen molar-refractivity contribution in [2.45, 2.75) is 46.1 Å². The molecule has 1 aliphatic rings. The van der Waals surface area contributed by atoms with Gasteiger partial charge in [0.25, 0.3) is 0 Å². The first kappa shape index (κ1) is 12.7. The van der Waals surface area contributed by atoms with E-state index in [9.17, 15) is 14.9 Å². The first-order valence-electron chi connectivity index (χ1n) is 6.28. The molecule has 1 saturated carbocycles. The molecule has 6 heteroatoms. The molecule has 0 unspecified atom stereocenters. The fraction of sp³-hybridized carbons (Fsp3) is 0.667. The van der Waals surface area contributed by atoms with Crippen molar-refractivity contribution in [2.24, 2.45) is 5.92 Å². The van der Waals surface area contributed by atoms with Crippen LogP contribution in [0.4, 0.5) is 5.69 Å². The van der Waals surface area contributed by atoms with Crippen LogP contribution in [0.3, 0.4) is 0 Å². The highest BCUT2D eigenvalue weighted by molar-refractivity contribution is 5.85. The van der Waals surface area contributed by atoms with E-state index in [4.69, 9.17) is 0 Å².